The Kier molecular flexibility index (Phi) is 5.58. The van der Waals surface area contributed by atoms with Crippen molar-refractivity contribution < 1.29 is 19.5 Å². The van der Waals surface area contributed by atoms with Gasteiger partial charge in [-0.2, -0.15) is 0 Å². The molecule has 0 aromatic heterocycles. The van der Waals surface area contributed by atoms with E-state index >= 15 is 0 Å². The topological polar surface area (TPSA) is 77.9 Å². The molecule has 2 atom stereocenters. The summed E-state index contributed by atoms with van der Waals surface area (Å²) in [6.45, 7) is 1.25. The molecule has 1 fully saturated rings. The lowest BCUT2D eigenvalue weighted by atomic mass is 10.1. The smallest absolute Gasteiger partial charge is 0.257 e. The molecule has 6 nitrogen and oxygen atoms in total. The molecule has 7 heteroatoms. The number of rotatable bonds is 5. The van der Waals surface area contributed by atoms with E-state index in [2.05, 4.69) is 0 Å². The molecule has 1 aliphatic heterocycles. The van der Waals surface area contributed by atoms with Gasteiger partial charge in [0.25, 0.3) is 5.91 Å². The predicted octanol–water partition coefficient (Wildman–Crippen LogP) is 2.55. The SMILES string of the molecule is CC(=O)N(C[C@@H](O)c1ccccc1)[C@H]1CC(=O)N(c2ccc(Cl)cc2)C1=O. The Hall–Kier alpha value is -2.70. The number of hydrogen-bond acceptors (Lipinski definition) is 4. The lowest BCUT2D eigenvalue weighted by Gasteiger charge is -2.28. The molecular weight excluding hydrogens is 368 g/mol. The van der Waals surface area contributed by atoms with E-state index in [-0.39, 0.29) is 18.9 Å². The predicted molar refractivity (Wildman–Crippen MR) is 101 cm³/mol. The fraction of sp³-hybridized carbons (Fsp3) is 0.250. The van der Waals surface area contributed by atoms with Crippen LogP contribution < -0.4 is 4.90 Å². The Morgan fingerprint density at radius 1 is 1.19 bits per heavy atom. The molecule has 140 valence electrons. The molecule has 1 saturated heterocycles. The average Bonchev–Trinajstić information content (AvgIpc) is 2.95. The minimum absolute atomic E-state index is 0.0719. The number of anilines is 1. The second-order valence-electron chi connectivity index (χ2n) is 6.36. The normalized spacial score (nSPS) is 17.9. The van der Waals surface area contributed by atoms with Gasteiger partial charge in [-0.25, -0.2) is 4.90 Å². The van der Waals surface area contributed by atoms with Gasteiger partial charge in [-0.15, -0.1) is 0 Å². The van der Waals surface area contributed by atoms with Crippen LogP contribution in [-0.2, 0) is 14.4 Å². The highest BCUT2D eigenvalue weighted by atomic mass is 35.5. The summed E-state index contributed by atoms with van der Waals surface area (Å²) in [5.74, 6) is -1.26. The summed E-state index contributed by atoms with van der Waals surface area (Å²) < 4.78 is 0. The van der Waals surface area contributed by atoms with Crippen LogP contribution in [-0.4, -0.2) is 40.3 Å². The van der Waals surface area contributed by atoms with Gasteiger partial charge in [0.1, 0.15) is 6.04 Å². The van der Waals surface area contributed by atoms with Gasteiger partial charge in [-0.1, -0.05) is 41.9 Å². The van der Waals surface area contributed by atoms with E-state index in [4.69, 9.17) is 11.6 Å². The summed E-state index contributed by atoms with van der Waals surface area (Å²) in [6.07, 6.45) is -1.08. The van der Waals surface area contributed by atoms with Gasteiger partial charge in [0.2, 0.25) is 11.8 Å². The molecule has 0 radical (unpaired) electrons. The zero-order valence-corrected chi connectivity index (χ0v) is 15.5. The number of hydrogen-bond donors (Lipinski definition) is 1. The molecule has 3 rings (SSSR count). The number of aliphatic hydroxyl groups excluding tert-OH is 1. The van der Waals surface area contributed by atoms with Crippen LogP contribution >= 0.6 is 11.6 Å². The van der Waals surface area contributed by atoms with Crippen molar-refractivity contribution in [3.05, 3.63) is 65.2 Å². The molecule has 2 aromatic rings. The summed E-state index contributed by atoms with van der Waals surface area (Å²) in [7, 11) is 0. The van der Waals surface area contributed by atoms with E-state index in [9.17, 15) is 19.5 Å². The summed E-state index contributed by atoms with van der Waals surface area (Å²) >= 11 is 5.86. The minimum Gasteiger partial charge on any atom is -0.387 e. The van der Waals surface area contributed by atoms with Crippen LogP contribution in [0.5, 0.6) is 0 Å². The number of carbonyl (C=O) groups excluding carboxylic acids is 3. The number of halogens is 1. The first-order chi connectivity index (χ1) is 12.9. The van der Waals surface area contributed by atoms with Crippen LogP contribution in [0.3, 0.4) is 0 Å². The fourth-order valence-electron chi connectivity index (χ4n) is 3.16. The molecule has 1 aliphatic rings. The molecular formula is C20H19ClN2O4. The van der Waals surface area contributed by atoms with Gasteiger partial charge < -0.3 is 10.0 Å². The van der Waals surface area contributed by atoms with Crippen molar-refractivity contribution in [1.82, 2.24) is 4.90 Å². The third-order valence-electron chi connectivity index (χ3n) is 4.54. The Morgan fingerprint density at radius 3 is 2.41 bits per heavy atom. The van der Waals surface area contributed by atoms with E-state index < -0.39 is 24.0 Å². The van der Waals surface area contributed by atoms with Crippen molar-refractivity contribution in [3.8, 4) is 0 Å². The third-order valence-corrected chi connectivity index (χ3v) is 4.79. The molecule has 0 aliphatic carbocycles. The van der Waals surface area contributed by atoms with Crippen LogP contribution in [0.15, 0.2) is 54.6 Å². The monoisotopic (exact) mass is 386 g/mol. The number of carbonyl (C=O) groups is 3. The Labute approximate surface area is 162 Å². The lowest BCUT2D eigenvalue weighted by molar-refractivity contribution is -0.138. The second-order valence-corrected chi connectivity index (χ2v) is 6.80. The van der Waals surface area contributed by atoms with Crippen molar-refractivity contribution in [1.29, 1.82) is 0 Å². The summed E-state index contributed by atoms with van der Waals surface area (Å²) in [6, 6.07) is 14.3. The maximum Gasteiger partial charge on any atom is 0.257 e. The van der Waals surface area contributed by atoms with Crippen LogP contribution in [0.25, 0.3) is 0 Å². The zero-order chi connectivity index (χ0) is 19.6. The first-order valence-corrected chi connectivity index (χ1v) is 8.89. The van der Waals surface area contributed by atoms with Gasteiger partial charge in [0.15, 0.2) is 0 Å². The van der Waals surface area contributed by atoms with Crippen LogP contribution in [0.2, 0.25) is 5.02 Å². The van der Waals surface area contributed by atoms with Crippen molar-refractivity contribution in [3.63, 3.8) is 0 Å². The van der Waals surface area contributed by atoms with Crippen molar-refractivity contribution in [2.24, 2.45) is 0 Å². The molecule has 27 heavy (non-hydrogen) atoms. The zero-order valence-electron chi connectivity index (χ0n) is 14.7. The number of nitrogens with zero attached hydrogens (tertiary/aromatic N) is 2. The van der Waals surface area contributed by atoms with E-state index in [0.717, 1.165) is 4.90 Å². The average molecular weight is 387 g/mol. The molecule has 0 unspecified atom stereocenters. The quantitative estimate of drug-likeness (QED) is 0.801. The highest BCUT2D eigenvalue weighted by Gasteiger charge is 2.44. The van der Waals surface area contributed by atoms with Crippen molar-refractivity contribution in [2.45, 2.75) is 25.5 Å². The van der Waals surface area contributed by atoms with Gasteiger partial charge >= 0.3 is 0 Å². The van der Waals surface area contributed by atoms with Crippen LogP contribution in [0, 0.1) is 0 Å². The van der Waals surface area contributed by atoms with Gasteiger partial charge in [-0.3, -0.25) is 14.4 Å². The lowest BCUT2D eigenvalue weighted by Crippen LogP contribution is -2.46. The Bertz CT molecular complexity index is 854. The number of benzene rings is 2. The molecule has 1 heterocycles. The van der Waals surface area contributed by atoms with E-state index in [0.29, 0.717) is 16.3 Å². The van der Waals surface area contributed by atoms with Crippen molar-refractivity contribution in [2.75, 3.05) is 11.4 Å². The molecule has 2 aromatic carbocycles. The standard InChI is InChI=1S/C20H19ClN2O4/c1-13(24)22(12-18(25)14-5-3-2-4-6-14)17-11-19(26)23(20(17)27)16-9-7-15(21)8-10-16/h2-10,17-18,25H,11-12H2,1H3/t17-,18+/m0/s1. The van der Waals surface area contributed by atoms with Crippen LogP contribution in [0.1, 0.15) is 25.0 Å². The largest absolute Gasteiger partial charge is 0.387 e. The Morgan fingerprint density at radius 2 is 1.81 bits per heavy atom. The summed E-state index contributed by atoms with van der Waals surface area (Å²) in [4.78, 5) is 39.8. The van der Waals surface area contributed by atoms with Crippen molar-refractivity contribution >= 4 is 35.0 Å². The fourth-order valence-corrected chi connectivity index (χ4v) is 3.29. The number of aliphatic hydroxyl groups is 1. The summed E-state index contributed by atoms with van der Waals surface area (Å²) in [5, 5.41) is 10.9. The number of imide groups is 1. The maximum absolute atomic E-state index is 12.9. The minimum atomic E-state index is -0.956. The Balaban J connectivity index is 1.82. The third kappa shape index (κ3) is 4.02. The van der Waals surface area contributed by atoms with E-state index in [1.807, 2.05) is 6.07 Å². The molecule has 0 bridgehead atoms. The van der Waals surface area contributed by atoms with Gasteiger partial charge in [-0.05, 0) is 29.8 Å². The molecule has 0 saturated carbocycles. The van der Waals surface area contributed by atoms with E-state index in [1.165, 1.54) is 11.8 Å². The molecule has 3 amide bonds. The van der Waals surface area contributed by atoms with Gasteiger partial charge in [0.05, 0.1) is 24.8 Å². The molecule has 0 spiro atoms. The van der Waals surface area contributed by atoms with Crippen LogP contribution in [0.4, 0.5) is 5.69 Å². The first kappa shape index (κ1) is 19.1. The highest BCUT2D eigenvalue weighted by Crippen LogP contribution is 2.28. The van der Waals surface area contributed by atoms with Gasteiger partial charge in [0, 0.05) is 11.9 Å². The second kappa shape index (κ2) is 7.90. The number of amides is 3. The molecule has 1 N–H and O–H groups in total. The maximum atomic E-state index is 12.9. The first-order valence-electron chi connectivity index (χ1n) is 8.51. The van der Waals surface area contributed by atoms with E-state index in [1.54, 1.807) is 48.5 Å². The highest BCUT2D eigenvalue weighted by molar-refractivity contribution is 6.30. The summed E-state index contributed by atoms with van der Waals surface area (Å²) in [5.41, 5.74) is 1.04.